The lowest BCUT2D eigenvalue weighted by Gasteiger charge is -2.28. The second kappa shape index (κ2) is 5.06. The Morgan fingerprint density at radius 1 is 1.40 bits per heavy atom. The summed E-state index contributed by atoms with van der Waals surface area (Å²) in [5.41, 5.74) is -1.09. The van der Waals surface area contributed by atoms with Gasteiger partial charge >= 0.3 is 6.18 Å². The molecule has 6 nitrogen and oxygen atoms in total. The Hall–Kier alpha value is -2.19. The van der Waals surface area contributed by atoms with Crippen LogP contribution in [0.5, 0.6) is 0 Å². The molecule has 1 saturated heterocycles. The van der Waals surface area contributed by atoms with E-state index in [0.29, 0.717) is 0 Å². The van der Waals surface area contributed by atoms with E-state index in [1.807, 2.05) is 0 Å². The van der Waals surface area contributed by atoms with Crippen LogP contribution in [0.15, 0.2) is 12.3 Å². The predicted octanol–water partition coefficient (Wildman–Crippen LogP) is 1.05. The molecular formula is C11H11F3N4O2. The third-order valence-electron chi connectivity index (χ3n) is 2.90. The maximum absolute atomic E-state index is 12.5. The Balaban J connectivity index is 2.15. The fourth-order valence-corrected chi connectivity index (χ4v) is 1.79. The quantitative estimate of drug-likeness (QED) is 0.823. The van der Waals surface area contributed by atoms with Crippen molar-refractivity contribution in [3.8, 4) is 0 Å². The molecular weight excluding hydrogens is 277 g/mol. The van der Waals surface area contributed by atoms with Crippen LogP contribution >= 0.6 is 0 Å². The minimum atomic E-state index is -4.58. The summed E-state index contributed by atoms with van der Waals surface area (Å²) in [5, 5.41) is 2.53. The highest BCUT2D eigenvalue weighted by molar-refractivity contribution is 6.01. The van der Waals surface area contributed by atoms with Crippen molar-refractivity contribution in [2.24, 2.45) is 0 Å². The molecule has 0 saturated carbocycles. The highest BCUT2D eigenvalue weighted by Gasteiger charge is 2.34. The SMILES string of the molecule is CN1C(=O)CCC(Nc2nccc(C(F)(F)F)n2)C1=O. The van der Waals surface area contributed by atoms with Crippen molar-refractivity contribution < 1.29 is 22.8 Å². The molecule has 1 fully saturated rings. The number of hydrogen-bond acceptors (Lipinski definition) is 5. The Morgan fingerprint density at radius 3 is 2.75 bits per heavy atom. The first kappa shape index (κ1) is 14.2. The summed E-state index contributed by atoms with van der Waals surface area (Å²) < 4.78 is 37.5. The molecule has 0 bridgehead atoms. The topological polar surface area (TPSA) is 75.2 Å². The van der Waals surface area contributed by atoms with Gasteiger partial charge in [-0.25, -0.2) is 9.97 Å². The number of amides is 2. The van der Waals surface area contributed by atoms with Crippen LogP contribution in [0.2, 0.25) is 0 Å². The summed E-state index contributed by atoms with van der Waals surface area (Å²) in [4.78, 5) is 31.0. The molecule has 1 aromatic heterocycles. The van der Waals surface area contributed by atoms with Crippen molar-refractivity contribution in [3.05, 3.63) is 18.0 Å². The summed E-state index contributed by atoms with van der Waals surface area (Å²) in [6.07, 6.45) is -3.29. The van der Waals surface area contributed by atoms with E-state index in [-0.39, 0.29) is 24.7 Å². The number of aromatic nitrogens is 2. The normalized spacial score (nSPS) is 20.2. The highest BCUT2D eigenvalue weighted by Crippen LogP contribution is 2.27. The van der Waals surface area contributed by atoms with Crippen molar-refractivity contribution in [3.63, 3.8) is 0 Å². The van der Waals surface area contributed by atoms with E-state index in [1.54, 1.807) is 0 Å². The number of nitrogens with one attached hydrogen (secondary N) is 1. The van der Waals surface area contributed by atoms with Gasteiger partial charge in [0.1, 0.15) is 11.7 Å². The largest absolute Gasteiger partial charge is 0.433 e. The van der Waals surface area contributed by atoms with Gasteiger partial charge in [0.05, 0.1) is 0 Å². The minimum Gasteiger partial charge on any atom is -0.342 e. The minimum absolute atomic E-state index is 0.138. The second-order valence-corrected chi connectivity index (χ2v) is 4.29. The molecule has 0 aliphatic carbocycles. The van der Waals surface area contributed by atoms with Gasteiger partial charge in [0, 0.05) is 19.7 Å². The van der Waals surface area contributed by atoms with E-state index >= 15 is 0 Å². The highest BCUT2D eigenvalue weighted by atomic mass is 19.4. The number of carbonyl (C=O) groups excluding carboxylic acids is 2. The molecule has 2 heterocycles. The van der Waals surface area contributed by atoms with Crippen molar-refractivity contribution in [2.75, 3.05) is 12.4 Å². The first-order chi connectivity index (χ1) is 9.29. The van der Waals surface area contributed by atoms with Crippen LogP contribution in [0.25, 0.3) is 0 Å². The van der Waals surface area contributed by atoms with Gasteiger partial charge in [-0.15, -0.1) is 0 Å². The fraction of sp³-hybridized carbons (Fsp3) is 0.455. The summed E-state index contributed by atoms with van der Waals surface area (Å²) >= 11 is 0. The van der Waals surface area contributed by atoms with Crippen LogP contribution in [-0.4, -0.2) is 39.8 Å². The lowest BCUT2D eigenvalue weighted by atomic mass is 10.1. The van der Waals surface area contributed by atoms with Crippen LogP contribution in [0.1, 0.15) is 18.5 Å². The van der Waals surface area contributed by atoms with E-state index < -0.39 is 23.8 Å². The van der Waals surface area contributed by atoms with Gasteiger partial charge in [-0.05, 0) is 12.5 Å². The molecule has 0 aromatic carbocycles. The van der Waals surface area contributed by atoms with Gasteiger partial charge in [0.25, 0.3) is 5.91 Å². The first-order valence-electron chi connectivity index (χ1n) is 5.76. The average Bonchev–Trinajstić information content (AvgIpc) is 2.39. The number of carbonyl (C=O) groups is 2. The molecule has 1 aromatic rings. The van der Waals surface area contributed by atoms with E-state index in [2.05, 4.69) is 15.3 Å². The number of likely N-dealkylation sites (tertiary alicyclic amines) is 1. The molecule has 0 spiro atoms. The zero-order valence-electron chi connectivity index (χ0n) is 10.4. The van der Waals surface area contributed by atoms with E-state index in [0.717, 1.165) is 17.2 Å². The number of anilines is 1. The lowest BCUT2D eigenvalue weighted by molar-refractivity contribution is -0.146. The predicted molar refractivity (Wildman–Crippen MR) is 61.5 cm³/mol. The van der Waals surface area contributed by atoms with Crippen molar-refractivity contribution in [1.82, 2.24) is 14.9 Å². The van der Waals surface area contributed by atoms with Crippen molar-refractivity contribution in [2.45, 2.75) is 25.1 Å². The number of likely N-dealkylation sites (N-methyl/N-ethyl adjacent to an activating group) is 1. The third-order valence-corrected chi connectivity index (χ3v) is 2.90. The maximum Gasteiger partial charge on any atom is 0.433 e. The van der Waals surface area contributed by atoms with E-state index in [9.17, 15) is 22.8 Å². The average molecular weight is 288 g/mol. The molecule has 1 aliphatic heterocycles. The summed E-state index contributed by atoms with van der Waals surface area (Å²) in [5.74, 6) is -1.12. The number of imide groups is 1. The Kier molecular flexibility index (Phi) is 3.60. The van der Waals surface area contributed by atoms with Crippen molar-refractivity contribution >= 4 is 17.8 Å². The fourth-order valence-electron chi connectivity index (χ4n) is 1.79. The molecule has 2 rings (SSSR count). The molecule has 108 valence electrons. The second-order valence-electron chi connectivity index (χ2n) is 4.29. The molecule has 0 radical (unpaired) electrons. The number of alkyl halides is 3. The van der Waals surface area contributed by atoms with E-state index in [1.165, 1.54) is 7.05 Å². The van der Waals surface area contributed by atoms with Crippen LogP contribution in [-0.2, 0) is 15.8 Å². The summed E-state index contributed by atoms with van der Waals surface area (Å²) in [6.45, 7) is 0. The zero-order chi connectivity index (χ0) is 14.9. The van der Waals surface area contributed by atoms with Crippen LogP contribution in [0, 0.1) is 0 Å². The van der Waals surface area contributed by atoms with Gasteiger partial charge < -0.3 is 5.32 Å². The standard InChI is InChI=1S/C11H11F3N4O2/c1-18-8(19)3-2-6(9(18)20)16-10-15-5-4-7(17-10)11(12,13)14/h4-6H,2-3H2,1H3,(H,15,16,17). The van der Waals surface area contributed by atoms with Gasteiger partial charge in [-0.2, -0.15) is 13.2 Å². The van der Waals surface area contributed by atoms with Gasteiger partial charge in [-0.1, -0.05) is 0 Å². The zero-order valence-corrected chi connectivity index (χ0v) is 10.4. The van der Waals surface area contributed by atoms with Crippen LogP contribution in [0.3, 0.4) is 0 Å². The molecule has 1 N–H and O–H groups in total. The number of nitrogens with zero attached hydrogens (tertiary/aromatic N) is 3. The smallest absolute Gasteiger partial charge is 0.342 e. The first-order valence-corrected chi connectivity index (χ1v) is 5.76. The third kappa shape index (κ3) is 2.86. The Labute approximate surface area is 112 Å². The molecule has 9 heteroatoms. The molecule has 1 atom stereocenters. The van der Waals surface area contributed by atoms with Crippen molar-refractivity contribution in [1.29, 1.82) is 0 Å². The molecule has 20 heavy (non-hydrogen) atoms. The number of rotatable bonds is 2. The summed E-state index contributed by atoms with van der Waals surface area (Å²) in [7, 11) is 1.32. The van der Waals surface area contributed by atoms with Crippen LogP contribution in [0.4, 0.5) is 19.1 Å². The number of hydrogen-bond donors (Lipinski definition) is 1. The van der Waals surface area contributed by atoms with Gasteiger partial charge in [-0.3, -0.25) is 14.5 Å². The van der Waals surface area contributed by atoms with Crippen LogP contribution < -0.4 is 5.32 Å². The molecule has 1 unspecified atom stereocenters. The summed E-state index contributed by atoms with van der Waals surface area (Å²) in [6, 6.07) is -0.0649. The van der Waals surface area contributed by atoms with Gasteiger partial charge in [0.15, 0.2) is 0 Å². The molecule has 2 amide bonds. The molecule has 1 aliphatic rings. The lowest BCUT2D eigenvalue weighted by Crippen LogP contribution is -2.48. The maximum atomic E-state index is 12.5. The number of halogens is 3. The van der Waals surface area contributed by atoms with E-state index in [4.69, 9.17) is 0 Å². The monoisotopic (exact) mass is 288 g/mol. The Bertz CT molecular complexity index is 547. The number of piperidine rings is 1. The Morgan fingerprint density at radius 2 is 2.10 bits per heavy atom. The van der Waals surface area contributed by atoms with Gasteiger partial charge in [0.2, 0.25) is 11.9 Å².